The molecule has 0 heterocycles. The molecule has 0 saturated carbocycles. The molecule has 0 aliphatic heterocycles. The second kappa shape index (κ2) is 11.2. The zero-order chi connectivity index (χ0) is 23.0. The van der Waals surface area contributed by atoms with E-state index in [9.17, 15) is 14.4 Å². The Morgan fingerprint density at radius 1 is 0.871 bits per heavy atom. The first kappa shape index (κ1) is 23.9. The van der Waals surface area contributed by atoms with Gasteiger partial charge in [-0.1, -0.05) is 29.8 Å². The van der Waals surface area contributed by atoms with E-state index >= 15 is 0 Å². The Morgan fingerprint density at radius 3 is 2.10 bits per heavy atom. The lowest BCUT2D eigenvalue weighted by molar-refractivity contribution is -0.122. The second-order valence-electron chi connectivity index (χ2n) is 7.48. The Hall–Kier alpha value is -3.35. The number of aryl methyl sites for hydroxylation is 3. The largest absolute Gasteiger partial charge is 0.376 e. The number of carbonyl (C=O) groups is 3. The number of anilines is 2. The summed E-state index contributed by atoms with van der Waals surface area (Å²) in [5, 5.41) is 8.47. The fraction of sp³-hybridized carbons (Fsp3) is 0.375. The van der Waals surface area contributed by atoms with Gasteiger partial charge in [-0.2, -0.15) is 0 Å². The Bertz CT molecular complexity index is 929. The van der Waals surface area contributed by atoms with Crippen molar-refractivity contribution in [3.05, 3.63) is 58.7 Å². The summed E-state index contributed by atoms with van der Waals surface area (Å²) in [6, 6.07) is 11.1. The minimum absolute atomic E-state index is 0.0432. The molecule has 0 spiro atoms. The molecule has 7 heteroatoms. The predicted octanol–water partition coefficient (Wildman–Crippen LogP) is 3.26. The average Bonchev–Trinajstić information content (AvgIpc) is 2.74. The highest BCUT2D eigenvalue weighted by Crippen LogP contribution is 2.21. The molecule has 0 fully saturated rings. The lowest BCUT2D eigenvalue weighted by Gasteiger charge is -2.20. The number of rotatable bonds is 9. The Balaban J connectivity index is 1.91. The maximum Gasteiger partial charge on any atom is 0.255 e. The van der Waals surface area contributed by atoms with Crippen LogP contribution in [-0.4, -0.2) is 48.8 Å². The molecular formula is C24H32N4O3. The number of carbonyl (C=O) groups excluding carboxylic acids is 3. The van der Waals surface area contributed by atoms with Crippen molar-refractivity contribution in [2.45, 2.75) is 34.6 Å². The maximum atomic E-state index is 12.7. The average molecular weight is 425 g/mol. The van der Waals surface area contributed by atoms with Crippen molar-refractivity contribution in [3.8, 4) is 0 Å². The molecule has 0 bridgehead atoms. The Labute approximate surface area is 184 Å². The van der Waals surface area contributed by atoms with Crippen LogP contribution in [0.25, 0.3) is 0 Å². The number of hydrogen-bond acceptors (Lipinski definition) is 4. The third-order valence-electron chi connectivity index (χ3n) is 5.04. The smallest absolute Gasteiger partial charge is 0.255 e. The van der Waals surface area contributed by atoms with Crippen LogP contribution in [-0.2, 0) is 9.59 Å². The summed E-state index contributed by atoms with van der Waals surface area (Å²) in [5.74, 6) is -0.713. The van der Waals surface area contributed by atoms with Gasteiger partial charge in [0.25, 0.3) is 5.91 Å². The minimum atomic E-state index is -0.336. The van der Waals surface area contributed by atoms with Crippen molar-refractivity contribution in [3.63, 3.8) is 0 Å². The maximum absolute atomic E-state index is 12.7. The monoisotopic (exact) mass is 424 g/mol. The van der Waals surface area contributed by atoms with Crippen LogP contribution in [0.1, 0.15) is 40.9 Å². The van der Waals surface area contributed by atoms with Gasteiger partial charge in [0.15, 0.2) is 0 Å². The summed E-state index contributed by atoms with van der Waals surface area (Å²) in [6.07, 6.45) is 0. The summed E-state index contributed by atoms with van der Waals surface area (Å²) >= 11 is 0. The number of amides is 3. The third kappa shape index (κ3) is 6.57. The number of nitrogens with one attached hydrogen (secondary N) is 3. The molecule has 7 nitrogen and oxygen atoms in total. The van der Waals surface area contributed by atoms with Gasteiger partial charge in [-0.25, -0.2) is 0 Å². The van der Waals surface area contributed by atoms with E-state index in [4.69, 9.17) is 0 Å². The highest BCUT2D eigenvalue weighted by atomic mass is 16.2. The third-order valence-corrected chi connectivity index (χ3v) is 5.04. The van der Waals surface area contributed by atoms with Crippen molar-refractivity contribution < 1.29 is 14.4 Å². The molecule has 2 aromatic carbocycles. The number of nitrogens with zero attached hydrogens (tertiary/aromatic N) is 1. The first-order valence-electron chi connectivity index (χ1n) is 10.5. The Morgan fingerprint density at radius 2 is 1.48 bits per heavy atom. The normalized spacial score (nSPS) is 10.4. The molecule has 166 valence electrons. The number of hydrogen-bond donors (Lipinski definition) is 3. The van der Waals surface area contributed by atoms with Gasteiger partial charge in [0, 0.05) is 24.5 Å². The lowest BCUT2D eigenvalue weighted by Crippen LogP contribution is -2.37. The summed E-state index contributed by atoms with van der Waals surface area (Å²) < 4.78 is 0. The zero-order valence-corrected chi connectivity index (χ0v) is 19.0. The van der Waals surface area contributed by atoms with Crippen molar-refractivity contribution in [2.24, 2.45) is 0 Å². The summed E-state index contributed by atoms with van der Waals surface area (Å²) in [6.45, 7) is 10.8. The zero-order valence-electron chi connectivity index (χ0n) is 19.0. The van der Waals surface area contributed by atoms with E-state index in [0.717, 1.165) is 22.4 Å². The van der Waals surface area contributed by atoms with E-state index < -0.39 is 0 Å². The van der Waals surface area contributed by atoms with Gasteiger partial charge < -0.3 is 20.9 Å². The molecule has 31 heavy (non-hydrogen) atoms. The van der Waals surface area contributed by atoms with E-state index in [-0.39, 0.29) is 30.8 Å². The molecule has 3 N–H and O–H groups in total. The van der Waals surface area contributed by atoms with Crippen LogP contribution in [0, 0.1) is 20.8 Å². The van der Waals surface area contributed by atoms with E-state index in [0.29, 0.717) is 24.3 Å². The lowest BCUT2D eigenvalue weighted by atomic mass is 10.1. The van der Waals surface area contributed by atoms with Gasteiger partial charge in [-0.15, -0.1) is 0 Å². The van der Waals surface area contributed by atoms with Crippen molar-refractivity contribution in [1.82, 2.24) is 10.2 Å². The van der Waals surface area contributed by atoms with E-state index in [1.807, 2.05) is 46.8 Å². The number of para-hydroxylation sites is 1. The van der Waals surface area contributed by atoms with Crippen molar-refractivity contribution in [2.75, 3.05) is 36.8 Å². The van der Waals surface area contributed by atoms with E-state index in [2.05, 4.69) is 16.0 Å². The van der Waals surface area contributed by atoms with Gasteiger partial charge in [0.05, 0.1) is 18.7 Å². The van der Waals surface area contributed by atoms with Crippen LogP contribution in [0.3, 0.4) is 0 Å². The molecule has 2 aromatic rings. The summed E-state index contributed by atoms with van der Waals surface area (Å²) in [7, 11) is 0. The fourth-order valence-electron chi connectivity index (χ4n) is 3.48. The molecule has 0 aromatic heterocycles. The van der Waals surface area contributed by atoms with Crippen LogP contribution >= 0.6 is 0 Å². The SMILES string of the molecule is CCN(CC)C(=O)c1ccccc1NCC(=O)NCC(=O)Nc1c(C)cc(C)cc1C. The van der Waals surface area contributed by atoms with Crippen molar-refractivity contribution >= 4 is 29.1 Å². The molecule has 2 rings (SSSR count). The van der Waals surface area contributed by atoms with Crippen LogP contribution in [0.2, 0.25) is 0 Å². The molecule has 0 radical (unpaired) electrons. The van der Waals surface area contributed by atoms with Crippen LogP contribution < -0.4 is 16.0 Å². The van der Waals surface area contributed by atoms with Crippen LogP contribution in [0.15, 0.2) is 36.4 Å². The summed E-state index contributed by atoms with van der Waals surface area (Å²) in [4.78, 5) is 38.9. The van der Waals surface area contributed by atoms with Crippen LogP contribution in [0.5, 0.6) is 0 Å². The highest BCUT2D eigenvalue weighted by molar-refractivity contribution is 6.00. The van der Waals surface area contributed by atoms with E-state index in [1.165, 1.54) is 0 Å². The molecule has 3 amide bonds. The standard InChI is InChI=1S/C24H32N4O3/c1-6-28(7-2)24(31)19-10-8-9-11-20(19)25-14-21(29)26-15-22(30)27-23-17(4)12-16(3)13-18(23)5/h8-13,25H,6-7,14-15H2,1-5H3,(H,26,29)(H,27,30). The van der Waals surface area contributed by atoms with Gasteiger partial charge >= 0.3 is 0 Å². The second-order valence-corrected chi connectivity index (χ2v) is 7.48. The molecule has 0 aliphatic carbocycles. The summed E-state index contributed by atoms with van der Waals surface area (Å²) in [5.41, 5.74) is 4.97. The topological polar surface area (TPSA) is 90.5 Å². The quantitative estimate of drug-likeness (QED) is 0.576. The first-order valence-corrected chi connectivity index (χ1v) is 10.5. The van der Waals surface area contributed by atoms with Crippen LogP contribution in [0.4, 0.5) is 11.4 Å². The van der Waals surface area contributed by atoms with E-state index in [1.54, 1.807) is 29.2 Å². The van der Waals surface area contributed by atoms with Gasteiger partial charge in [0.2, 0.25) is 11.8 Å². The molecule has 0 atom stereocenters. The molecular weight excluding hydrogens is 392 g/mol. The van der Waals surface area contributed by atoms with Gasteiger partial charge in [0.1, 0.15) is 0 Å². The van der Waals surface area contributed by atoms with Gasteiger partial charge in [-0.05, 0) is 57.9 Å². The highest BCUT2D eigenvalue weighted by Gasteiger charge is 2.16. The van der Waals surface area contributed by atoms with Gasteiger partial charge in [-0.3, -0.25) is 14.4 Å². The minimum Gasteiger partial charge on any atom is -0.376 e. The predicted molar refractivity (Wildman–Crippen MR) is 124 cm³/mol. The fourth-order valence-corrected chi connectivity index (χ4v) is 3.48. The van der Waals surface area contributed by atoms with Crippen molar-refractivity contribution in [1.29, 1.82) is 0 Å². The molecule has 0 unspecified atom stereocenters. The first-order chi connectivity index (χ1) is 14.8. The molecule has 0 saturated heterocycles. The Kier molecular flexibility index (Phi) is 8.61. The number of benzene rings is 2. The molecule has 0 aliphatic rings.